The number of nitrogens with one attached hydrogen (secondary N) is 1. The third kappa shape index (κ3) is 3.31. The molecule has 0 aliphatic heterocycles. The van der Waals surface area contributed by atoms with Gasteiger partial charge in [-0.15, -0.1) is 0 Å². The van der Waals surface area contributed by atoms with E-state index in [9.17, 15) is 14.9 Å². The Kier molecular flexibility index (Phi) is 4.51. The fourth-order valence-electron chi connectivity index (χ4n) is 3.17. The maximum Gasteiger partial charge on any atom is 0.271 e. The van der Waals surface area contributed by atoms with Crippen LogP contribution in [0.1, 0.15) is 15.9 Å². The van der Waals surface area contributed by atoms with Crippen molar-refractivity contribution in [3.63, 3.8) is 0 Å². The highest BCUT2D eigenvalue weighted by Gasteiger charge is 2.11. The van der Waals surface area contributed by atoms with E-state index in [0.717, 1.165) is 27.1 Å². The summed E-state index contributed by atoms with van der Waals surface area (Å²) in [6.45, 7) is 0. The molecule has 0 aliphatic rings. The van der Waals surface area contributed by atoms with Gasteiger partial charge in [0.25, 0.3) is 11.6 Å². The molecular formula is C22H15N3O3. The number of hydrogen-bond donors (Lipinski definition) is 1. The molecule has 0 fully saturated rings. The van der Waals surface area contributed by atoms with E-state index in [4.69, 9.17) is 0 Å². The third-order valence-electron chi connectivity index (χ3n) is 4.49. The lowest BCUT2D eigenvalue weighted by atomic mass is 9.97. The second-order valence-electron chi connectivity index (χ2n) is 6.24. The quantitative estimate of drug-likeness (QED) is 0.246. The van der Waals surface area contributed by atoms with Crippen LogP contribution in [0, 0.1) is 10.1 Å². The number of hydrogen-bond acceptors (Lipinski definition) is 4. The molecule has 1 amide bonds. The normalized spacial score (nSPS) is 11.1. The zero-order valence-electron chi connectivity index (χ0n) is 14.7. The summed E-state index contributed by atoms with van der Waals surface area (Å²) in [6.07, 6.45) is 1.61. The fraction of sp³-hybridized carbons (Fsp3) is 0. The second kappa shape index (κ2) is 7.28. The lowest BCUT2D eigenvalue weighted by molar-refractivity contribution is -0.384. The number of nitro groups is 1. The first-order valence-electron chi connectivity index (χ1n) is 8.62. The van der Waals surface area contributed by atoms with Crippen LogP contribution in [0.25, 0.3) is 21.5 Å². The monoisotopic (exact) mass is 369 g/mol. The number of fused-ring (bicyclic) bond motifs is 2. The van der Waals surface area contributed by atoms with Gasteiger partial charge in [-0.1, -0.05) is 54.6 Å². The van der Waals surface area contributed by atoms with Crippen LogP contribution < -0.4 is 5.43 Å². The van der Waals surface area contributed by atoms with E-state index in [1.54, 1.807) is 6.21 Å². The van der Waals surface area contributed by atoms with Crippen LogP contribution in [0.4, 0.5) is 5.69 Å². The maximum atomic E-state index is 12.3. The molecule has 0 saturated heterocycles. The molecule has 0 radical (unpaired) electrons. The Morgan fingerprint density at radius 1 is 0.893 bits per heavy atom. The highest BCUT2D eigenvalue weighted by atomic mass is 16.6. The number of non-ortho nitro benzene ring substituents is 1. The number of benzene rings is 4. The minimum absolute atomic E-state index is 0.142. The summed E-state index contributed by atoms with van der Waals surface area (Å²) in [6, 6.07) is 23.6. The molecule has 4 aromatic carbocycles. The highest BCUT2D eigenvalue weighted by molar-refractivity contribution is 6.13. The van der Waals surface area contributed by atoms with Gasteiger partial charge in [-0.2, -0.15) is 5.10 Å². The molecule has 0 unspecified atom stereocenters. The van der Waals surface area contributed by atoms with E-state index in [0.29, 0.717) is 0 Å². The van der Waals surface area contributed by atoms with Gasteiger partial charge in [0.1, 0.15) is 0 Å². The van der Waals surface area contributed by atoms with Crippen LogP contribution in [0.15, 0.2) is 84.0 Å². The van der Waals surface area contributed by atoms with Gasteiger partial charge in [0.2, 0.25) is 0 Å². The van der Waals surface area contributed by atoms with Crippen molar-refractivity contribution in [3.8, 4) is 0 Å². The molecule has 0 aliphatic carbocycles. The van der Waals surface area contributed by atoms with Gasteiger partial charge in [0.15, 0.2) is 0 Å². The van der Waals surface area contributed by atoms with Crippen LogP contribution in [0.5, 0.6) is 0 Å². The van der Waals surface area contributed by atoms with Gasteiger partial charge < -0.3 is 0 Å². The van der Waals surface area contributed by atoms with E-state index in [2.05, 4.69) is 16.6 Å². The fourth-order valence-corrected chi connectivity index (χ4v) is 3.17. The lowest BCUT2D eigenvalue weighted by Gasteiger charge is -2.08. The topological polar surface area (TPSA) is 84.6 Å². The van der Waals surface area contributed by atoms with Gasteiger partial charge in [-0.05, 0) is 33.7 Å². The first kappa shape index (κ1) is 17.4. The summed E-state index contributed by atoms with van der Waals surface area (Å²) in [5.74, 6) is -0.510. The summed E-state index contributed by atoms with van der Waals surface area (Å²) in [5, 5.41) is 19.2. The first-order valence-corrected chi connectivity index (χ1v) is 8.62. The molecule has 4 rings (SSSR count). The average molecular weight is 369 g/mol. The van der Waals surface area contributed by atoms with E-state index in [1.165, 1.54) is 24.3 Å². The molecule has 28 heavy (non-hydrogen) atoms. The number of rotatable bonds is 4. The second-order valence-corrected chi connectivity index (χ2v) is 6.24. The smallest absolute Gasteiger partial charge is 0.267 e. The van der Waals surface area contributed by atoms with Gasteiger partial charge in [0, 0.05) is 23.3 Å². The van der Waals surface area contributed by atoms with Crippen molar-refractivity contribution in [1.82, 2.24) is 5.43 Å². The minimum Gasteiger partial charge on any atom is -0.267 e. The molecular weight excluding hydrogens is 354 g/mol. The average Bonchev–Trinajstić information content (AvgIpc) is 2.73. The van der Waals surface area contributed by atoms with Crippen LogP contribution in [-0.4, -0.2) is 17.0 Å². The lowest BCUT2D eigenvalue weighted by Crippen LogP contribution is -2.17. The number of carbonyl (C=O) groups excluding carboxylic acids is 1. The Balaban J connectivity index is 1.67. The van der Waals surface area contributed by atoms with Crippen molar-refractivity contribution in [2.24, 2.45) is 5.10 Å². The summed E-state index contributed by atoms with van der Waals surface area (Å²) in [4.78, 5) is 22.6. The Labute approximate surface area is 160 Å². The SMILES string of the molecule is O=C(N/N=C\c1c2ccccc2cc2ccccc12)c1cccc([N+](=O)[O-])c1. The Morgan fingerprint density at radius 3 is 2.18 bits per heavy atom. The van der Waals surface area contributed by atoms with Crippen LogP contribution in [-0.2, 0) is 0 Å². The van der Waals surface area contributed by atoms with Crippen molar-refractivity contribution in [2.75, 3.05) is 0 Å². The predicted octanol–water partition coefficient (Wildman–Crippen LogP) is 4.67. The molecule has 0 bridgehead atoms. The molecule has 1 N–H and O–H groups in total. The number of nitro benzene ring substituents is 1. The van der Waals surface area contributed by atoms with Crippen molar-refractivity contribution >= 4 is 39.4 Å². The molecule has 4 aromatic rings. The van der Waals surface area contributed by atoms with Gasteiger partial charge in [-0.25, -0.2) is 5.43 Å². The number of carbonyl (C=O) groups is 1. The van der Waals surface area contributed by atoms with E-state index >= 15 is 0 Å². The van der Waals surface area contributed by atoms with Crippen molar-refractivity contribution in [2.45, 2.75) is 0 Å². The van der Waals surface area contributed by atoms with E-state index in [1.807, 2.05) is 48.5 Å². The molecule has 6 heteroatoms. The van der Waals surface area contributed by atoms with Gasteiger partial charge in [0.05, 0.1) is 11.1 Å². The molecule has 136 valence electrons. The predicted molar refractivity (Wildman–Crippen MR) is 110 cm³/mol. The first-order chi connectivity index (χ1) is 13.6. The van der Waals surface area contributed by atoms with Crippen molar-refractivity contribution in [1.29, 1.82) is 0 Å². The van der Waals surface area contributed by atoms with E-state index < -0.39 is 10.8 Å². The molecule has 6 nitrogen and oxygen atoms in total. The molecule has 0 spiro atoms. The Morgan fingerprint density at radius 2 is 1.54 bits per heavy atom. The zero-order chi connectivity index (χ0) is 19.5. The van der Waals surface area contributed by atoms with Gasteiger partial charge >= 0.3 is 0 Å². The molecule has 0 saturated carbocycles. The summed E-state index contributed by atoms with van der Waals surface area (Å²) >= 11 is 0. The van der Waals surface area contributed by atoms with Crippen LogP contribution in [0.2, 0.25) is 0 Å². The van der Waals surface area contributed by atoms with Gasteiger partial charge in [-0.3, -0.25) is 14.9 Å². The largest absolute Gasteiger partial charge is 0.271 e. The number of amides is 1. The maximum absolute atomic E-state index is 12.3. The summed E-state index contributed by atoms with van der Waals surface area (Å²) < 4.78 is 0. The van der Waals surface area contributed by atoms with Crippen molar-refractivity contribution < 1.29 is 9.72 Å². The third-order valence-corrected chi connectivity index (χ3v) is 4.49. The molecule has 0 aromatic heterocycles. The number of nitrogens with zero attached hydrogens (tertiary/aromatic N) is 2. The summed E-state index contributed by atoms with van der Waals surface area (Å²) in [7, 11) is 0. The highest BCUT2D eigenvalue weighted by Crippen LogP contribution is 2.27. The van der Waals surface area contributed by atoms with Crippen LogP contribution in [0.3, 0.4) is 0 Å². The Hall–Kier alpha value is -4.06. The minimum atomic E-state index is -0.539. The molecule has 0 atom stereocenters. The molecule has 0 heterocycles. The van der Waals surface area contributed by atoms with Crippen molar-refractivity contribution in [3.05, 3.63) is 100 Å². The van der Waals surface area contributed by atoms with Crippen LogP contribution >= 0.6 is 0 Å². The zero-order valence-corrected chi connectivity index (χ0v) is 14.7. The number of hydrazone groups is 1. The Bertz CT molecular complexity index is 1190. The summed E-state index contributed by atoms with van der Waals surface area (Å²) in [5.41, 5.74) is 3.38. The standard InChI is InChI=1S/C22H15N3O3/c26-22(17-8-5-9-18(13-17)25(27)28)24-23-14-21-19-10-3-1-6-15(19)12-16-7-2-4-11-20(16)21/h1-14H,(H,24,26)/b23-14-. The van der Waals surface area contributed by atoms with E-state index in [-0.39, 0.29) is 11.3 Å².